The predicted molar refractivity (Wildman–Crippen MR) is 78.5 cm³/mol. The minimum atomic E-state index is -0.647. The van der Waals surface area contributed by atoms with Crippen molar-refractivity contribution in [3.05, 3.63) is 43.0 Å². The Hall–Kier alpha value is -2.08. The smallest absolute Gasteiger partial charge is 0.286 e. The van der Waals surface area contributed by atoms with Gasteiger partial charge in [0.05, 0.1) is 0 Å². The van der Waals surface area contributed by atoms with Crippen LogP contribution in [0.4, 0.5) is 10.5 Å². The van der Waals surface area contributed by atoms with Gasteiger partial charge < -0.3 is 4.90 Å². The minimum Gasteiger partial charge on any atom is -0.309 e. The van der Waals surface area contributed by atoms with Crippen LogP contribution in [0.1, 0.15) is 6.42 Å². The first-order chi connectivity index (χ1) is 9.61. The molecule has 6 heteroatoms. The molecule has 1 atom stereocenters. The lowest BCUT2D eigenvalue weighted by Gasteiger charge is -2.22. The van der Waals surface area contributed by atoms with E-state index in [0.29, 0.717) is 6.54 Å². The fourth-order valence-electron chi connectivity index (χ4n) is 1.88. The number of benzene rings is 1. The summed E-state index contributed by atoms with van der Waals surface area (Å²) in [6, 6.07) is 9.15. The first-order valence-corrected chi connectivity index (χ1v) is 6.97. The number of carbonyl (C=O) groups excluding carboxylic acids is 3. The number of hydrogen-bond acceptors (Lipinski definition) is 4. The van der Waals surface area contributed by atoms with Gasteiger partial charge in [-0.25, -0.2) is 0 Å². The Bertz CT molecular complexity index is 545. The number of carbonyl (C=O) groups is 3. The highest BCUT2D eigenvalue weighted by Gasteiger charge is 2.34. The van der Waals surface area contributed by atoms with Crippen molar-refractivity contribution in [3.8, 4) is 0 Å². The van der Waals surface area contributed by atoms with Crippen LogP contribution in [0.5, 0.6) is 0 Å². The summed E-state index contributed by atoms with van der Waals surface area (Å²) < 4.78 is 0. The van der Waals surface area contributed by atoms with Crippen LogP contribution in [-0.4, -0.2) is 28.8 Å². The van der Waals surface area contributed by atoms with Crippen LogP contribution in [0, 0.1) is 0 Å². The second kappa shape index (κ2) is 6.38. The summed E-state index contributed by atoms with van der Waals surface area (Å²) in [4.78, 5) is 36.5. The van der Waals surface area contributed by atoms with Crippen molar-refractivity contribution in [1.82, 2.24) is 5.32 Å². The van der Waals surface area contributed by atoms with Gasteiger partial charge in [0.2, 0.25) is 11.8 Å². The summed E-state index contributed by atoms with van der Waals surface area (Å²) in [5.74, 6) is -0.613. The SMILES string of the molecule is C=CCN(C(=O)CC1SC(=O)NC1=O)c1ccccc1. The molecule has 1 aliphatic rings. The average molecular weight is 290 g/mol. The highest BCUT2D eigenvalue weighted by atomic mass is 32.2. The summed E-state index contributed by atoms with van der Waals surface area (Å²) >= 11 is 0.860. The Labute approximate surface area is 121 Å². The standard InChI is InChI=1S/C14H14N2O3S/c1-2-8-16(10-6-4-3-5-7-10)12(17)9-11-13(18)15-14(19)20-11/h2-7,11H,1,8-9H2,(H,15,18,19). The Morgan fingerprint density at radius 3 is 2.60 bits per heavy atom. The average Bonchev–Trinajstić information content (AvgIpc) is 2.75. The maximum absolute atomic E-state index is 12.3. The quantitative estimate of drug-likeness (QED) is 0.842. The molecule has 2 rings (SSSR count). The van der Waals surface area contributed by atoms with E-state index in [-0.39, 0.29) is 12.3 Å². The van der Waals surface area contributed by atoms with Crippen LogP contribution in [0.25, 0.3) is 0 Å². The van der Waals surface area contributed by atoms with Gasteiger partial charge in [0.25, 0.3) is 5.24 Å². The Balaban J connectivity index is 2.10. The van der Waals surface area contributed by atoms with Crippen LogP contribution in [-0.2, 0) is 9.59 Å². The van der Waals surface area contributed by atoms with Crippen LogP contribution < -0.4 is 10.2 Å². The van der Waals surface area contributed by atoms with Gasteiger partial charge in [-0.2, -0.15) is 0 Å². The first kappa shape index (κ1) is 14.3. The van der Waals surface area contributed by atoms with Crippen molar-refractivity contribution in [1.29, 1.82) is 0 Å². The molecule has 5 nitrogen and oxygen atoms in total. The molecule has 0 bridgehead atoms. The van der Waals surface area contributed by atoms with Crippen LogP contribution in [0.2, 0.25) is 0 Å². The highest BCUT2D eigenvalue weighted by molar-refractivity contribution is 8.15. The topological polar surface area (TPSA) is 66.5 Å². The van der Waals surface area contributed by atoms with Gasteiger partial charge in [-0.1, -0.05) is 36.0 Å². The number of para-hydroxylation sites is 1. The minimum absolute atomic E-state index is 0.00895. The van der Waals surface area contributed by atoms with Gasteiger partial charge in [0.15, 0.2) is 0 Å². The van der Waals surface area contributed by atoms with Crippen LogP contribution in [0.3, 0.4) is 0 Å². The molecule has 1 fully saturated rings. The van der Waals surface area contributed by atoms with E-state index in [2.05, 4.69) is 11.9 Å². The van der Waals surface area contributed by atoms with E-state index in [4.69, 9.17) is 0 Å². The molecule has 0 radical (unpaired) electrons. The molecule has 1 aromatic rings. The molecule has 20 heavy (non-hydrogen) atoms. The molecule has 1 aromatic carbocycles. The number of nitrogens with one attached hydrogen (secondary N) is 1. The predicted octanol–water partition coefficient (Wildman–Crippen LogP) is 1.95. The molecule has 1 saturated heterocycles. The van der Waals surface area contributed by atoms with Crippen LogP contribution >= 0.6 is 11.8 Å². The van der Waals surface area contributed by atoms with Crippen molar-refractivity contribution < 1.29 is 14.4 Å². The summed E-state index contributed by atoms with van der Waals surface area (Å²) in [7, 11) is 0. The van der Waals surface area contributed by atoms with Crippen molar-refractivity contribution in [2.24, 2.45) is 0 Å². The number of nitrogens with zero attached hydrogens (tertiary/aromatic N) is 1. The molecule has 0 aliphatic carbocycles. The van der Waals surface area contributed by atoms with Gasteiger partial charge >= 0.3 is 0 Å². The zero-order valence-corrected chi connectivity index (χ0v) is 11.6. The van der Waals surface area contributed by atoms with E-state index in [0.717, 1.165) is 17.4 Å². The zero-order valence-electron chi connectivity index (χ0n) is 10.7. The van der Waals surface area contributed by atoms with E-state index >= 15 is 0 Å². The molecular formula is C14H14N2O3S. The number of rotatable bonds is 5. The number of thioether (sulfide) groups is 1. The molecule has 3 amide bonds. The first-order valence-electron chi connectivity index (χ1n) is 6.09. The molecule has 1 aliphatic heterocycles. The van der Waals surface area contributed by atoms with E-state index in [1.807, 2.05) is 30.3 Å². The van der Waals surface area contributed by atoms with E-state index in [9.17, 15) is 14.4 Å². The number of hydrogen-bond donors (Lipinski definition) is 1. The maximum atomic E-state index is 12.3. The van der Waals surface area contributed by atoms with E-state index in [1.165, 1.54) is 0 Å². The Morgan fingerprint density at radius 1 is 1.35 bits per heavy atom. The van der Waals surface area contributed by atoms with Crippen molar-refractivity contribution in [3.63, 3.8) is 0 Å². The summed E-state index contributed by atoms with van der Waals surface area (Å²) in [5, 5.41) is 1.13. The van der Waals surface area contributed by atoms with Gasteiger partial charge in [0, 0.05) is 18.7 Å². The zero-order chi connectivity index (χ0) is 14.5. The van der Waals surface area contributed by atoms with Crippen molar-refractivity contribution in [2.45, 2.75) is 11.7 Å². The fourth-order valence-corrected chi connectivity index (χ4v) is 2.69. The van der Waals surface area contributed by atoms with Gasteiger partial charge in [0.1, 0.15) is 5.25 Å². The Kier molecular flexibility index (Phi) is 4.57. The third kappa shape index (κ3) is 3.27. The largest absolute Gasteiger partial charge is 0.309 e. The molecule has 0 saturated carbocycles. The van der Waals surface area contributed by atoms with E-state index in [1.54, 1.807) is 11.0 Å². The molecule has 1 unspecified atom stereocenters. The summed E-state index contributed by atoms with van der Waals surface area (Å²) in [6.45, 7) is 3.99. The number of amides is 3. The van der Waals surface area contributed by atoms with Gasteiger partial charge in [-0.3, -0.25) is 19.7 Å². The second-order valence-corrected chi connectivity index (χ2v) is 5.39. The van der Waals surface area contributed by atoms with Gasteiger partial charge in [-0.15, -0.1) is 6.58 Å². The molecular weight excluding hydrogens is 276 g/mol. The highest BCUT2D eigenvalue weighted by Crippen LogP contribution is 2.24. The maximum Gasteiger partial charge on any atom is 0.286 e. The lowest BCUT2D eigenvalue weighted by molar-refractivity contribution is -0.123. The van der Waals surface area contributed by atoms with Crippen molar-refractivity contribution >= 4 is 34.5 Å². The second-order valence-electron chi connectivity index (χ2n) is 4.22. The Morgan fingerprint density at radius 2 is 2.05 bits per heavy atom. The van der Waals surface area contributed by atoms with Crippen LogP contribution in [0.15, 0.2) is 43.0 Å². The normalized spacial score (nSPS) is 17.7. The van der Waals surface area contributed by atoms with Crippen molar-refractivity contribution in [2.75, 3.05) is 11.4 Å². The van der Waals surface area contributed by atoms with Gasteiger partial charge in [-0.05, 0) is 12.1 Å². The summed E-state index contributed by atoms with van der Waals surface area (Å²) in [6.07, 6.45) is 1.61. The molecule has 0 aromatic heterocycles. The number of anilines is 1. The lowest BCUT2D eigenvalue weighted by Crippen LogP contribution is -2.35. The third-order valence-electron chi connectivity index (χ3n) is 2.81. The van der Waals surface area contributed by atoms with E-state index < -0.39 is 16.4 Å². The molecule has 0 spiro atoms. The fraction of sp³-hybridized carbons (Fsp3) is 0.214. The molecule has 104 valence electrons. The summed E-state index contributed by atoms with van der Waals surface area (Å²) in [5.41, 5.74) is 0.743. The molecule has 1 heterocycles. The lowest BCUT2D eigenvalue weighted by atomic mass is 10.2. The monoisotopic (exact) mass is 290 g/mol. The third-order valence-corrected chi connectivity index (χ3v) is 3.79. The number of imide groups is 1. The molecule has 1 N–H and O–H groups in total.